The van der Waals surface area contributed by atoms with E-state index >= 15 is 0 Å². The number of aromatic nitrogens is 1. The second-order valence-electron chi connectivity index (χ2n) is 2.74. The Morgan fingerprint density at radius 2 is 2.08 bits per heavy atom. The van der Waals surface area contributed by atoms with Crippen LogP contribution < -0.4 is 4.57 Å². The van der Waals surface area contributed by atoms with Crippen molar-refractivity contribution in [2.75, 3.05) is 0 Å². The highest BCUT2D eigenvalue weighted by Gasteiger charge is 1.97. The minimum Gasteiger partial charge on any atom is -0.508 e. The molecule has 0 spiro atoms. The Balaban J connectivity index is 2.88. The van der Waals surface area contributed by atoms with Gasteiger partial charge in [0.25, 0.3) is 0 Å². The number of phenolic OH excluding ortho intramolecular Hbond substituents is 1. The summed E-state index contributed by atoms with van der Waals surface area (Å²) in [5.74, 6) is 0.297. The van der Waals surface area contributed by atoms with Crippen LogP contribution in [0.5, 0.6) is 5.75 Å². The topological polar surface area (TPSA) is 24.1 Å². The summed E-state index contributed by atoms with van der Waals surface area (Å²) >= 11 is 0. The Bertz CT molecular complexity index is 423. The molecule has 0 aliphatic rings. The Morgan fingerprint density at radius 1 is 1.25 bits per heavy atom. The van der Waals surface area contributed by atoms with Gasteiger partial charge in [0.15, 0.2) is 0 Å². The molecule has 2 rings (SSSR count). The smallest absolute Gasteiger partial charge is 0.116 e. The van der Waals surface area contributed by atoms with Crippen molar-refractivity contribution in [2.45, 2.75) is 0 Å². The summed E-state index contributed by atoms with van der Waals surface area (Å²) in [7, 11) is 3.72. The zero-order valence-electron chi connectivity index (χ0n) is 6.57. The molecule has 0 unspecified atom stereocenters. The van der Waals surface area contributed by atoms with Crippen LogP contribution in [0.15, 0.2) is 36.7 Å². The second kappa shape index (κ2) is 2.41. The van der Waals surface area contributed by atoms with Crippen molar-refractivity contribution in [3.8, 4) is 5.75 Å². The van der Waals surface area contributed by atoms with Crippen LogP contribution in [0.1, 0.15) is 0 Å². The van der Waals surface area contributed by atoms with E-state index in [2.05, 4.69) is 7.05 Å². The van der Waals surface area contributed by atoms with Crippen molar-refractivity contribution in [2.24, 2.45) is 0 Å². The molecular formula is C10H9NO. The minimum absolute atomic E-state index is 0.297. The number of hydrogen-bond donors (Lipinski definition) is 1. The molecule has 1 aromatic heterocycles. The van der Waals surface area contributed by atoms with Gasteiger partial charge in [0.05, 0.1) is 12.4 Å². The molecule has 2 nitrogen and oxygen atoms in total. The first-order valence-corrected chi connectivity index (χ1v) is 3.71. The first-order valence-electron chi connectivity index (χ1n) is 3.71. The molecule has 0 atom stereocenters. The van der Waals surface area contributed by atoms with Gasteiger partial charge in [0.1, 0.15) is 5.75 Å². The Hall–Kier alpha value is -1.70. The number of fused-ring (bicyclic) bond motifs is 1. The second-order valence-corrected chi connectivity index (χ2v) is 2.74. The number of phenols is 1. The molecule has 0 saturated carbocycles. The standard InChI is InChI=1S/C10H9NO/c1-11-6-5-8-3-2-4-10(12)9(8)7-11/h2-7,12H,1H2. The number of aromatic hydroxyl groups is 1. The van der Waals surface area contributed by atoms with Crippen molar-refractivity contribution in [1.82, 2.24) is 0 Å². The van der Waals surface area contributed by atoms with Crippen LogP contribution in [-0.2, 0) is 0 Å². The average molecular weight is 159 g/mol. The Labute approximate surface area is 70.7 Å². The molecule has 2 heteroatoms. The van der Waals surface area contributed by atoms with E-state index in [0.717, 1.165) is 10.8 Å². The van der Waals surface area contributed by atoms with E-state index in [9.17, 15) is 5.11 Å². The third kappa shape index (κ3) is 0.975. The zero-order chi connectivity index (χ0) is 8.55. The fourth-order valence-corrected chi connectivity index (χ4v) is 1.24. The molecule has 0 radical (unpaired) electrons. The number of rotatable bonds is 0. The maximum absolute atomic E-state index is 9.45. The molecular weight excluding hydrogens is 150 g/mol. The van der Waals surface area contributed by atoms with Crippen molar-refractivity contribution < 1.29 is 9.67 Å². The Kier molecular flexibility index (Phi) is 1.40. The van der Waals surface area contributed by atoms with Crippen LogP contribution >= 0.6 is 0 Å². The van der Waals surface area contributed by atoms with Crippen LogP contribution in [-0.4, -0.2) is 5.11 Å². The van der Waals surface area contributed by atoms with Crippen LogP contribution in [0, 0.1) is 7.05 Å². The van der Waals surface area contributed by atoms with Gasteiger partial charge in [-0.2, -0.15) is 0 Å². The van der Waals surface area contributed by atoms with E-state index in [1.165, 1.54) is 0 Å². The highest BCUT2D eigenvalue weighted by atomic mass is 16.3. The summed E-state index contributed by atoms with van der Waals surface area (Å²) < 4.78 is 1.67. The highest BCUT2D eigenvalue weighted by molar-refractivity contribution is 5.86. The number of hydrogen-bond acceptors (Lipinski definition) is 1. The van der Waals surface area contributed by atoms with Gasteiger partial charge in [-0.05, 0) is 17.5 Å². The van der Waals surface area contributed by atoms with Gasteiger partial charge in [0.2, 0.25) is 0 Å². The van der Waals surface area contributed by atoms with Crippen molar-refractivity contribution in [3.05, 3.63) is 43.7 Å². The molecule has 0 bridgehead atoms. The molecule has 0 amide bonds. The maximum atomic E-state index is 9.45. The first-order chi connectivity index (χ1) is 5.77. The molecule has 0 aliphatic carbocycles. The largest absolute Gasteiger partial charge is 0.508 e. The van der Waals surface area contributed by atoms with Gasteiger partial charge in [-0.3, -0.25) is 0 Å². The van der Waals surface area contributed by atoms with Crippen LogP contribution in [0.2, 0.25) is 0 Å². The summed E-state index contributed by atoms with van der Waals surface area (Å²) in [6.07, 6.45) is 3.65. The lowest BCUT2D eigenvalue weighted by Crippen LogP contribution is -2.22. The molecule has 0 saturated heterocycles. The molecule has 0 fully saturated rings. The summed E-state index contributed by atoms with van der Waals surface area (Å²) in [6, 6.07) is 7.37. The van der Waals surface area contributed by atoms with Crippen molar-refractivity contribution >= 4 is 10.8 Å². The van der Waals surface area contributed by atoms with Crippen LogP contribution in [0.25, 0.3) is 10.8 Å². The zero-order valence-corrected chi connectivity index (χ0v) is 6.57. The maximum Gasteiger partial charge on any atom is 0.116 e. The predicted molar refractivity (Wildman–Crippen MR) is 46.6 cm³/mol. The van der Waals surface area contributed by atoms with E-state index in [0.29, 0.717) is 5.75 Å². The van der Waals surface area contributed by atoms with Crippen LogP contribution in [0.3, 0.4) is 0 Å². The summed E-state index contributed by atoms with van der Waals surface area (Å²) in [4.78, 5) is 0. The molecule has 1 aromatic carbocycles. The fraction of sp³-hybridized carbons (Fsp3) is 0. The number of pyridine rings is 1. The van der Waals surface area contributed by atoms with E-state index in [1.54, 1.807) is 16.8 Å². The van der Waals surface area contributed by atoms with Crippen molar-refractivity contribution in [1.29, 1.82) is 0 Å². The highest BCUT2D eigenvalue weighted by Crippen LogP contribution is 2.21. The van der Waals surface area contributed by atoms with Gasteiger partial charge < -0.3 is 9.67 Å². The van der Waals surface area contributed by atoms with Gasteiger partial charge in [-0.15, -0.1) is 0 Å². The molecule has 1 heterocycles. The Morgan fingerprint density at radius 3 is 2.92 bits per heavy atom. The van der Waals surface area contributed by atoms with E-state index < -0.39 is 0 Å². The lowest BCUT2D eigenvalue weighted by molar-refractivity contribution is -0.610. The van der Waals surface area contributed by atoms with Gasteiger partial charge >= 0.3 is 0 Å². The molecule has 12 heavy (non-hydrogen) atoms. The lowest BCUT2D eigenvalue weighted by Gasteiger charge is -2.02. The van der Waals surface area contributed by atoms with Gasteiger partial charge in [0, 0.05) is 12.4 Å². The normalized spacial score (nSPS) is 10.3. The third-order valence-corrected chi connectivity index (χ3v) is 1.86. The SMILES string of the molecule is [CH2-][n+]1ccc2cccc(O)c2c1. The molecule has 1 N–H and O–H groups in total. The monoisotopic (exact) mass is 159 g/mol. The summed E-state index contributed by atoms with van der Waals surface area (Å²) in [5, 5.41) is 11.3. The minimum atomic E-state index is 0.297. The third-order valence-electron chi connectivity index (χ3n) is 1.86. The fourth-order valence-electron chi connectivity index (χ4n) is 1.24. The van der Waals surface area contributed by atoms with E-state index in [1.807, 2.05) is 24.4 Å². The molecule has 2 aromatic rings. The molecule has 0 aliphatic heterocycles. The van der Waals surface area contributed by atoms with Crippen molar-refractivity contribution in [3.63, 3.8) is 0 Å². The quantitative estimate of drug-likeness (QED) is 0.457. The van der Waals surface area contributed by atoms with E-state index in [4.69, 9.17) is 0 Å². The summed E-state index contributed by atoms with van der Waals surface area (Å²) in [6.45, 7) is 0. The molecule has 60 valence electrons. The lowest BCUT2D eigenvalue weighted by atomic mass is 10.1. The van der Waals surface area contributed by atoms with Crippen LogP contribution in [0.4, 0.5) is 0 Å². The summed E-state index contributed by atoms with van der Waals surface area (Å²) in [5.41, 5.74) is 0. The first kappa shape index (κ1) is 6.98. The predicted octanol–water partition coefficient (Wildman–Crippen LogP) is 1.47. The van der Waals surface area contributed by atoms with E-state index in [-0.39, 0.29) is 0 Å². The number of nitrogens with zero attached hydrogens (tertiary/aromatic N) is 1. The van der Waals surface area contributed by atoms with Gasteiger partial charge in [-0.25, -0.2) is 0 Å². The number of benzene rings is 1. The van der Waals surface area contributed by atoms with Gasteiger partial charge in [-0.1, -0.05) is 12.1 Å². The average Bonchev–Trinajstić information content (AvgIpc) is 2.07.